The van der Waals surface area contributed by atoms with Gasteiger partial charge in [0, 0.05) is 17.6 Å². The molecule has 0 spiro atoms. The Bertz CT molecular complexity index is 880. The molecule has 0 radical (unpaired) electrons. The van der Waals surface area contributed by atoms with Gasteiger partial charge >= 0.3 is 0 Å². The van der Waals surface area contributed by atoms with Gasteiger partial charge in [0.25, 0.3) is 5.91 Å². The summed E-state index contributed by atoms with van der Waals surface area (Å²) < 4.78 is 0. The van der Waals surface area contributed by atoms with Crippen LogP contribution in [0, 0.1) is 0 Å². The molecule has 2 heterocycles. The van der Waals surface area contributed by atoms with E-state index >= 15 is 0 Å². The van der Waals surface area contributed by atoms with E-state index in [4.69, 9.17) is 0 Å². The van der Waals surface area contributed by atoms with Crippen molar-refractivity contribution in [3.8, 4) is 0 Å². The van der Waals surface area contributed by atoms with E-state index in [1.165, 1.54) is 12.8 Å². The molecule has 0 unspecified atom stereocenters. The number of carbonyl (C=O) groups is 1. The lowest BCUT2D eigenvalue weighted by atomic mass is 10.2. The zero-order chi connectivity index (χ0) is 17.1. The van der Waals surface area contributed by atoms with Crippen molar-refractivity contribution in [2.24, 2.45) is 0 Å². The van der Waals surface area contributed by atoms with E-state index < -0.39 is 0 Å². The molecular formula is C20H20N4O. The molecule has 5 heteroatoms. The van der Waals surface area contributed by atoms with Crippen molar-refractivity contribution in [1.82, 2.24) is 15.3 Å². The van der Waals surface area contributed by atoms with Crippen molar-refractivity contribution >= 4 is 28.2 Å². The summed E-state index contributed by atoms with van der Waals surface area (Å²) >= 11 is 0. The summed E-state index contributed by atoms with van der Waals surface area (Å²) in [5, 5.41) is 7.46. The highest BCUT2D eigenvalue weighted by molar-refractivity contribution is 5.93. The Hall–Kier alpha value is -2.95. The van der Waals surface area contributed by atoms with Crippen molar-refractivity contribution in [2.45, 2.75) is 31.7 Å². The first kappa shape index (κ1) is 15.6. The van der Waals surface area contributed by atoms with Crippen LogP contribution in [0.5, 0.6) is 0 Å². The largest absolute Gasteiger partial charge is 0.352 e. The number of rotatable bonds is 4. The maximum atomic E-state index is 12.2. The van der Waals surface area contributed by atoms with E-state index in [-0.39, 0.29) is 5.91 Å². The smallest absolute Gasteiger partial charge is 0.270 e. The third kappa shape index (κ3) is 3.45. The van der Waals surface area contributed by atoms with Crippen LogP contribution >= 0.6 is 0 Å². The van der Waals surface area contributed by atoms with Crippen molar-refractivity contribution in [2.75, 3.05) is 5.32 Å². The molecule has 126 valence electrons. The summed E-state index contributed by atoms with van der Waals surface area (Å²) in [4.78, 5) is 21.0. The maximum Gasteiger partial charge on any atom is 0.270 e. The van der Waals surface area contributed by atoms with Crippen LogP contribution in [0.15, 0.2) is 54.9 Å². The third-order valence-corrected chi connectivity index (χ3v) is 4.60. The summed E-state index contributed by atoms with van der Waals surface area (Å²) in [5.74, 6) is -0.0923. The van der Waals surface area contributed by atoms with Gasteiger partial charge in [0.1, 0.15) is 5.69 Å². The van der Waals surface area contributed by atoms with Gasteiger partial charge in [0.05, 0.1) is 23.1 Å². The number of nitrogens with one attached hydrogen (secondary N) is 2. The van der Waals surface area contributed by atoms with Crippen LogP contribution in [0.4, 0.5) is 11.4 Å². The minimum atomic E-state index is -0.0923. The quantitative estimate of drug-likeness (QED) is 0.756. The van der Waals surface area contributed by atoms with Gasteiger partial charge in [0.2, 0.25) is 0 Å². The second-order valence-electron chi connectivity index (χ2n) is 6.39. The standard InChI is InChI=1S/C20H20N4O/c25-20(24-15-7-1-2-8-15)18-11-10-16(13-22-18)23-17-9-3-5-14-6-4-12-21-19(14)17/h3-6,9-13,15,23H,1-2,7-8H2,(H,24,25). The highest BCUT2D eigenvalue weighted by atomic mass is 16.1. The lowest BCUT2D eigenvalue weighted by molar-refractivity contribution is 0.0933. The van der Waals surface area contributed by atoms with Crippen molar-refractivity contribution in [1.29, 1.82) is 0 Å². The van der Waals surface area contributed by atoms with Crippen LogP contribution in [-0.2, 0) is 0 Å². The first-order valence-electron chi connectivity index (χ1n) is 8.67. The normalized spacial score (nSPS) is 14.6. The number of nitrogens with zero attached hydrogens (tertiary/aromatic N) is 2. The number of fused-ring (bicyclic) bond motifs is 1. The topological polar surface area (TPSA) is 66.9 Å². The van der Waals surface area contributed by atoms with Crippen LogP contribution in [0.3, 0.4) is 0 Å². The van der Waals surface area contributed by atoms with Gasteiger partial charge < -0.3 is 10.6 Å². The Morgan fingerprint density at radius 3 is 2.64 bits per heavy atom. The van der Waals surface area contributed by atoms with E-state index in [1.54, 1.807) is 18.5 Å². The van der Waals surface area contributed by atoms with E-state index in [0.717, 1.165) is 35.1 Å². The fourth-order valence-electron chi connectivity index (χ4n) is 3.29. The molecule has 0 bridgehead atoms. The number of pyridine rings is 2. The van der Waals surface area contributed by atoms with Crippen LogP contribution in [0.1, 0.15) is 36.2 Å². The predicted octanol–water partition coefficient (Wildman–Crippen LogP) is 4.05. The molecule has 1 aliphatic rings. The zero-order valence-corrected chi connectivity index (χ0v) is 13.9. The lowest BCUT2D eigenvalue weighted by Crippen LogP contribution is -2.33. The number of carbonyl (C=O) groups excluding carboxylic acids is 1. The lowest BCUT2D eigenvalue weighted by Gasteiger charge is -2.12. The highest BCUT2D eigenvalue weighted by Crippen LogP contribution is 2.24. The molecule has 4 rings (SSSR count). The number of para-hydroxylation sites is 1. The molecule has 1 saturated carbocycles. The molecule has 3 aromatic rings. The minimum Gasteiger partial charge on any atom is -0.352 e. The van der Waals surface area contributed by atoms with E-state index in [1.807, 2.05) is 36.4 Å². The molecule has 2 N–H and O–H groups in total. The van der Waals surface area contributed by atoms with Crippen LogP contribution in [0.2, 0.25) is 0 Å². The average Bonchev–Trinajstić information content (AvgIpc) is 3.16. The SMILES string of the molecule is O=C(NC1CCCC1)c1ccc(Nc2cccc3cccnc23)cn1. The summed E-state index contributed by atoms with van der Waals surface area (Å²) in [7, 11) is 0. The molecule has 5 nitrogen and oxygen atoms in total. The third-order valence-electron chi connectivity index (χ3n) is 4.60. The highest BCUT2D eigenvalue weighted by Gasteiger charge is 2.18. The van der Waals surface area contributed by atoms with Crippen LogP contribution in [-0.4, -0.2) is 21.9 Å². The van der Waals surface area contributed by atoms with E-state index in [2.05, 4.69) is 20.6 Å². The number of benzene rings is 1. The van der Waals surface area contributed by atoms with Gasteiger partial charge in [0.15, 0.2) is 0 Å². The van der Waals surface area contributed by atoms with Gasteiger partial charge in [-0.1, -0.05) is 31.0 Å². The molecule has 1 fully saturated rings. The predicted molar refractivity (Wildman–Crippen MR) is 99.0 cm³/mol. The Labute approximate surface area is 146 Å². The van der Waals surface area contributed by atoms with E-state index in [9.17, 15) is 4.79 Å². The van der Waals surface area contributed by atoms with Crippen molar-refractivity contribution in [3.05, 3.63) is 60.6 Å². The van der Waals surface area contributed by atoms with Gasteiger partial charge in [-0.3, -0.25) is 9.78 Å². The molecular weight excluding hydrogens is 312 g/mol. The number of anilines is 2. The minimum absolute atomic E-state index is 0.0923. The zero-order valence-electron chi connectivity index (χ0n) is 13.9. The maximum absolute atomic E-state index is 12.2. The number of aromatic nitrogens is 2. The van der Waals surface area contributed by atoms with E-state index in [0.29, 0.717) is 11.7 Å². The van der Waals surface area contributed by atoms with Gasteiger partial charge in [-0.2, -0.15) is 0 Å². The summed E-state index contributed by atoms with van der Waals surface area (Å²) in [6, 6.07) is 13.9. The first-order valence-corrected chi connectivity index (χ1v) is 8.67. The molecule has 1 amide bonds. The Morgan fingerprint density at radius 2 is 1.84 bits per heavy atom. The molecule has 1 aliphatic carbocycles. The van der Waals surface area contributed by atoms with Crippen LogP contribution in [0.25, 0.3) is 10.9 Å². The number of hydrogen-bond acceptors (Lipinski definition) is 4. The summed E-state index contributed by atoms with van der Waals surface area (Å²) in [5.41, 5.74) is 3.11. The molecule has 0 aliphatic heterocycles. The average molecular weight is 332 g/mol. The Kier molecular flexibility index (Phi) is 4.29. The first-order chi connectivity index (χ1) is 12.3. The van der Waals surface area contributed by atoms with Gasteiger partial charge in [-0.25, -0.2) is 4.98 Å². The van der Waals surface area contributed by atoms with Crippen molar-refractivity contribution in [3.63, 3.8) is 0 Å². The molecule has 25 heavy (non-hydrogen) atoms. The van der Waals surface area contributed by atoms with Crippen molar-refractivity contribution < 1.29 is 4.79 Å². The monoisotopic (exact) mass is 332 g/mol. The molecule has 2 aromatic heterocycles. The summed E-state index contributed by atoms with van der Waals surface area (Å²) in [6.45, 7) is 0. The number of amides is 1. The Morgan fingerprint density at radius 1 is 1.00 bits per heavy atom. The Balaban J connectivity index is 1.49. The summed E-state index contributed by atoms with van der Waals surface area (Å²) in [6.07, 6.45) is 7.99. The number of hydrogen-bond donors (Lipinski definition) is 2. The fraction of sp³-hybridized carbons (Fsp3) is 0.250. The molecule has 0 saturated heterocycles. The second-order valence-corrected chi connectivity index (χ2v) is 6.39. The molecule has 1 aromatic carbocycles. The van der Waals surface area contributed by atoms with Gasteiger partial charge in [-0.15, -0.1) is 0 Å². The molecule has 0 atom stereocenters. The van der Waals surface area contributed by atoms with Crippen LogP contribution < -0.4 is 10.6 Å². The fourth-order valence-corrected chi connectivity index (χ4v) is 3.29. The second kappa shape index (κ2) is 6.89. The van der Waals surface area contributed by atoms with Gasteiger partial charge in [-0.05, 0) is 37.1 Å².